The van der Waals surface area contributed by atoms with Crippen LogP contribution in [0, 0.1) is 17.8 Å². The maximum absolute atomic E-state index is 13.8. The van der Waals surface area contributed by atoms with Crippen LogP contribution in [-0.2, 0) is 10.0 Å². The molecule has 0 unspecified atom stereocenters. The van der Waals surface area contributed by atoms with E-state index < -0.39 is 16.1 Å². The van der Waals surface area contributed by atoms with Gasteiger partial charge in [0.2, 0.25) is 10.0 Å². The van der Waals surface area contributed by atoms with E-state index in [-0.39, 0.29) is 23.5 Å². The molecule has 2 N–H and O–H groups in total. The number of fused-ring (bicyclic) bond motifs is 3. The van der Waals surface area contributed by atoms with Gasteiger partial charge in [0.15, 0.2) is 0 Å². The first-order valence-corrected chi connectivity index (χ1v) is 13.2. The van der Waals surface area contributed by atoms with Crippen molar-refractivity contribution < 1.29 is 23.0 Å². The molecule has 8 heteroatoms. The molecule has 3 aromatic carbocycles. The summed E-state index contributed by atoms with van der Waals surface area (Å²) < 4.78 is 39.6. The third kappa shape index (κ3) is 4.42. The van der Waals surface area contributed by atoms with E-state index >= 15 is 0 Å². The largest absolute Gasteiger partial charge is 0.497 e. The predicted molar refractivity (Wildman–Crippen MR) is 138 cm³/mol. The second kappa shape index (κ2) is 9.86. The number of nitrogens with one attached hydrogen (secondary N) is 1. The highest BCUT2D eigenvalue weighted by molar-refractivity contribution is 7.89. The summed E-state index contributed by atoms with van der Waals surface area (Å²) in [7, 11) is -0.666. The van der Waals surface area contributed by atoms with Gasteiger partial charge in [0.05, 0.1) is 37.8 Å². The number of anilines is 1. The fraction of sp³-hybridized carbons (Fsp3) is 0.286. The fourth-order valence-corrected chi connectivity index (χ4v) is 6.81. The molecule has 0 radical (unpaired) electrons. The molecule has 3 aromatic rings. The molecule has 2 aliphatic rings. The third-order valence-corrected chi connectivity index (χ3v) is 8.77. The highest BCUT2D eigenvalue weighted by Crippen LogP contribution is 2.48. The molecule has 1 fully saturated rings. The number of benzene rings is 3. The lowest BCUT2D eigenvalue weighted by molar-refractivity contribution is 0.210. The summed E-state index contributed by atoms with van der Waals surface area (Å²) in [5, 5.41) is 13.5. The van der Waals surface area contributed by atoms with Crippen LogP contribution in [0.4, 0.5) is 5.69 Å². The minimum atomic E-state index is -3.80. The van der Waals surface area contributed by atoms with Crippen LogP contribution in [0.5, 0.6) is 11.5 Å². The van der Waals surface area contributed by atoms with E-state index in [9.17, 15) is 13.5 Å². The van der Waals surface area contributed by atoms with E-state index in [0.717, 1.165) is 28.1 Å². The van der Waals surface area contributed by atoms with Gasteiger partial charge in [-0.3, -0.25) is 0 Å². The van der Waals surface area contributed by atoms with Gasteiger partial charge >= 0.3 is 0 Å². The van der Waals surface area contributed by atoms with Crippen LogP contribution in [-0.4, -0.2) is 51.2 Å². The molecule has 1 saturated heterocycles. The Labute approximate surface area is 211 Å². The SMILES string of the molecule is COc1cccc(C#Cc2ccc3c(c2)[C@@H]2[C@@H](CCN2S(=O)(=O)c2cccc(OC)c2)[C@@H](CO)N3)c1. The lowest BCUT2D eigenvalue weighted by Crippen LogP contribution is -2.42. The number of sulfonamides is 1. The molecular weight excluding hydrogens is 476 g/mol. The minimum absolute atomic E-state index is 0.0653. The zero-order valence-corrected chi connectivity index (χ0v) is 21.0. The molecule has 36 heavy (non-hydrogen) atoms. The average molecular weight is 505 g/mol. The van der Waals surface area contributed by atoms with Gasteiger partial charge in [-0.2, -0.15) is 4.31 Å². The van der Waals surface area contributed by atoms with Crippen molar-refractivity contribution in [2.75, 3.05) is 32.7 Å². The lowest BCUT2D eigenvalue weighted by Gasteiger charge is -2.38. The van der Waals surface area contributed by atoms with Gasteiger partial charge in [-0.15, -0.1) is 0 Å². The number of aliphatic hydroxyl groups excluding tert-OH is 1. The highest BCUT2D eigenvalue weighted by Gasteiger charge is 2.48. The zero-order chi connectivity index (χ0) is 25.3. The van der Waals surface area contributed by atoms with Crippen LogP contribution in [0.25, 0.3) is 0 Å². The fourth-order valence-electron chi connectivity index (χ4n) is 5.11. The van der Waals surface area contributed by atoms with Gasteiger partial charge in [-0.1, -0.05) is 24.0 Å². The Kier molecular flexibility index (Phi) is 6.63. The topological polar surface area (TPSA) is 88.1 Å². The van der Waals surface area contributed by atoms with Gasteiger partial charge in [-0.25, -0.2) is 8.42 Å². The number of ether oxygens (including phenoxy) is 2. The molecule has 3 atom stereocenters. The van der Waals surface area contributed by atoms with Crippen molar-refractivity contribution in [2.45, 2.75) is 23.4 Å². The number of methoxy groups -OCH3 is 2. The quantitative estimate of drug-likeness (QED) is 0.516. The number of rotatable bonds is 5. The van der Waals surface area contributed by atoms with Crippen molar-refractivity contribution in [1.29, 1.82) is 0 Å². The molecule has 0 spiro atoms. The van der Waals surface area contributed by atoms with Gasteiger partial charge in [0.1, 0.15) is 11.5 Å². The number of aliphatic hydroxyl groups is 1. The Hall–Kier alpha value is -3.51. The van der Waals surface area contributed by atoms with E-state index in [0.29, 0.717) is 18.7 Å². The van der Waals surface area contributed by atoms with Gasteiger partial charge in [0, 0.05) is 35.3 Å². The minimum Gasteiger partial charge on any atom is -0.497 e. The Bertz CT molecular complexity index is 1440. The molecule has 5 rings (SSSR count). The second-order valence-corrected chi connectivity index (χ2v) is 10.8. The Morgan fingerprint density at radius 2 is 1.67 bits per heavy atom. The van der Waals surface area contributed by atoms with Crippen LogP contribution in [0.15, 0.2) is 71.6 Å². The summed E-state index contributed by atoms with van der Waals surface area (Å²) in [5.74, 6) is 7.52. The smallest absolute Gasteiger partial charge is 0.243 e. The summed E-state index contributed by atoms with van der Waals surface area (Å²) >= 11 is 0. The molecule has 7 nitrogen and oxygen atoms in total. The van der Waals surface area contributed by atoms with Crippen LogP contribution in [0.3, 0.4) is 0 Å². The number of hydrogen-bond acceptors (Lipinski definition) is 6. The Morgan fingerprint density at radius 3 is 2.39 bits per heavy atom. The maximum atomic E-state index is 13.8. The molecule has 2 heterocycles. The molecule has 2 aliphatic heterocycles. The van der Waals surface area contributed by atoms with E-state index in [1.165, 1.54) is 7.11 Å². The molecule has 186 valence electrons. The summed E-state index contributed by atoms with van der Waals surface area (Å²) in [6.45, 7) is 0.289. The molecule has 0 aliphatic carbocycles. The Balaban J connectivity index is 1.54. The predicted octanol–water partition coefficient (Wildman–Crippen LogP) is 3.64. The number of hydrogen-bond donors (Lipinski definition) is 2. The molecular formula is C28H28N2O5S. The van der Waals surface area contributed by atoms with Crippen LogP contribution >= 0.6 is 0 Å². The van der Waals surface area contributed by atoms with E-state index in [1.807, 2.05) is 42.5 Å². The normalized spacial score (nSPS) is 20.9. The van der Waals surface area contributed by atoms with Crippen LogP contribution < -0.4 is 14.8 Å². The van der Waals surface area contributed by atoms with Gasteiger partial charge < -0.3 is 19.9 Å². The Morgan fingerprint density at radius 1 is 0.972 bits per heavy atom. The number of nitrogens with zero attached hydrogens (tertiary/aromatic N) is 1. The monoisotopic (exact) mass is 504 g/mol. The summed E-state index contributed by atoms with van der Waals surface area (Å²) in [6, 6.07) is 19.2. The average Bonchev–Trinajstić information content (AvgIpc) is 3.38. The van der Waals surface area contributed by atoms with E-state index in [4.69, 9.17) is 9.47 Å². The molecule has 0 amide bonds. The second-order valence-electron chi connectivity index (χ2n) is 8.91. The zero-order valence-electron chi connectivity index (χ0n) is 20.1. The lowest BCUT2D eigenvalue weighted by atomic mass is 9.83. The molecule has 0 bridgehead atoms. The van der Waals surface area contributed by atoms with E-state index in [2.05, 4.69) is 17.2 Å². The first-order chi connectivity index (χ1) is 17.4. The summed E-state index contributed by atoms with van der Waals surface area (Å²) in [4.78, 5) is 0.192. The molecule has 0 aromatic heterocycles. The first kappa shape index (κ1) is 24.2. The van der Waals surface area contributed by atoms with Crippen molar-refractivity contribution in [3.05, 3.63) is 83.4 Å². The van der Waals surface area contributed by atoms with Crippen molar-refractivity contribution in [3.8, 4) is 23.3 Å². The maximum Gasteiger partial charge on any atom is 0.243 e. The van der Waals surface area contributed by atoms with Crippen LogP contribution in [0.1, 0.15) is 29.2 Å². The van der Waals surface area contributed by atoms with Crippen molar-refractivity contribution >= 4 is 15.7 Å². The van der Waals surface area contributed by atoms with Crippen molar-refractivity contribution in [3.63, 3.8) is 0 Å². The summed E-state index contributed by atoms with van der Waals surface area (Å²) in [5.41, 5.74) is 3.29. The third-order valence-electron chi connectivity index (χ3n) is 6.89. The van der Waals surface area contributed by atoms with Crippen molar-refractivity contribution in [2.24, 2.45) is 5.92 Å². The summed E-state index contributed by atoms with van der Waals surface area (Å²) in [6.07, 6.45) is 0.644. The molecule has 0 saturated carbocycles. The van der Waals surface area contributed by atoms with Gasteiger partial charge in [-0.05, 0) is 60.5 Å². The van der Waals surface area contributed by atoms with Crippen molar-refractivity contribution in [1.82, 2.24) is 4.31 Å². The first-order valence-electron chi connectivity index (χ1n) is 11.8. The van der Waals surface area contributed by atoms with E-state index in [1.54, 1.807) is 35.7 Å². The van der Waals surface area contributed by atoms with Crippen LogP contribution in [0.2, 0.25) is 0 Å². The standard InChI is InChI=1S/C28H28N2O5S/c1-34-21-6-3-5-19(15-21)9-10-20-11-12-26-25(16-20)28-24(27(18-31)29-26)13-14-30(28)36(32,33)23-8-4-7-22(17-23)35-2/h3-8,11-12,15-17,24,27-29,31H,13-14,18H2,1-2H3/t24-,27+,28-/m0/s1. The highest BCUT2D eigenvalue weighted by atomic mass is 32.2. The van der Waals surface area contributed by atoms with Gasteiger partial charge in [0.25, 0.3) is 0 Å².